The molecule has 1 heterocycles. The number of nitrogens with zero attached hydrogens (tertiary/aromatic N) is 1. The number of rotatable bonds is 4. The molecule has 1 aliphatic heterocycles. The zero-order chi connectivity index (χ0) is 14.5. The van der Waals surface area contributed by atoms with E-state index in [1.165, 1.54) is 11.9 Å². The first-order chi connectivity index (χ1) is 10.3. The molecule has 2 aromatic carbocycles. The summed E-state index contributed by atoms with van der Waals surface area (Å²) in [6.07, 6.45) is -0.423. The second kappa shape index (κ2) is 6.45. The lowest BCUT2D eigenvalue weighted by Crippen LogP contribution is -2.21. The fourth-order valence-corrected chi connectivity index (χ4v) is 2.64. The molecule has 0 bridgehead atoms. The Kier molecular flexibility index (Phi) is 4.21. The molecule has 0 unspecified atom stereocenters. The van der Waals surface area contributed by atoms with E-state index in [1.807, 2.05) is 60.7 Å². The van der Waals surface area contributed by atoms with Crippen LogP contribution in [-0.2, 0) is 9.53 Å². The summed E-state index contributed by atoms with van der Waals surface area (Å²) < 4.78 is 5.68. The molecular formula is C16H14N2O2S. The first-order valence-corrected chi connectivity index (χ1v) is 7.57. The number of nitrogens with one attached hydrogen (secondary N) is 1. The van der Waals surface area contributed by atoms with Gasteiger partial charge in [-0.15, -0.1) is 0 Å². The van der Waals surface area contributed by atoms with Crippen LogP contribution in [0.15, 0.2) is 65.8 Å². The third kappa shape index (κ3) is 3.25. The lowest BCUT2D eigenvalue weighted by Gasteiger charge is -2.18. The smallest absolute Gasteiger partial charge is 0.356 e. The van der Waals surface area contributed by atoms with Gasteiger partial charge >= 0.3 is 5.97 Å². The lowest BCUT2D eigenvalue weighted by atomic mass is 10.0. The summed E-state index contributed by atoms with van der Waals surface area (Å²) in [7, 11) is 0. The molecule has 0 aromatic heterocycles. The van der Waals surface area contributed by atoms with Crippen LogP contribution in [0.25, 0.3) is 0 Å². The molecule has 0 radical (unpaired) electrons. The van der Waals surface area contributed by atoms with Crippen molar-refractivity contribution in [1.82, 2.24) is 4.83 Å². The standard InChI is InChI=1S/C16H14N2O2S/c19-16(14-11-21-18-17-14)20-15(12-7-3-1-4-8-12)13-9-5-2-6-10-13/h1-10,15,18H,11H2. The molecule has 21 heavy (non-hydrogen) atoms. The molecule has 0 amide bonds. The summed E-state index contributed by atoms with van der Waals surface area (Å²) in [5.41, 5.74) is 2.30. The van der Waals surface area contributed by atoms with Crippen molar-refractivity contribution in [3.05, 3.63) is 71.8 Å². The molecular weight excluding hydrogens is 284 g/mol. The van der Waals surface area contributed by atoms with Crippen molar-refractivity contribution in [3.63, 3.8) is 0 Å². The zero-order valence-electron chi connectivity index (χ0n) is 11.2. The van der Waals surface area contributed by atoms with Gasteiger partial charge in [0.1, 0.15) is 0 Å². The van der Waals surface area contributed by atoms with Gasteiger partial charge in [0, 0.05) is 0 Å². The normalized spacial score (nSPS) is 13.7. The number of hydrogen-bond acceptors (Lipinski definition) is 5. The minimum absolute atomic E-state index is 0.384. The van der Waals surface area contributed by atoms with Gasteiger partial charge in [-0.1, -0.05) is 60.7 Å². The van der Waals surface area contributed by atoms with E-state index in [0.29, 0.717) is 11.5 Å². The van der Waals surface area contributed by atoms with Crippen molar-refractivity contribution in [2.75, 3.05) is 5.75 Å². The van der Waals surface area contributed by atoms with Crippen LogP contribution in [0, 0.1) is 0 Å². The third-order valence-electron chi connectivity index (χ3n) is 3.12. The van der Waals surface area contributed by atoms with Crippen molar-refractivity contribution in [3.8, 4) is 0 Å². The highest BCUT2D eigenvalue weighted by Crippen LogP contribution is 2.26. The maximum atomic E-state index is 12.2. The molecule has 3 rings (SSSR count). The molecule has 4 nitrogen and oxygen atoms in total. The van der Waals surface area contributed by atoms with Crippen molar-refractivity contribution in [1.29, 1.82) is 0 Å². The predicted octanol–water partition coefficient (Wildman–Crippen LogP) is 2.93. The summed E-state index contributed by atoms with van der Waals surface area (Å²) in [6, 6.07) is 19.4. The van der Waals surface area contributed by atoms with Gasteiger partial charge in [0.05, 0.1) is 5.75 Å². The average Bonchev–Trinajstić information content (AvgIpc) is 3.09. The second-order valence-corrected chi connectivity index (χ2v) is 5.31. The molecule has 5 heteroatoms. The minimum atomic E-state index is -0.423. The highest BCUT2D eigenvalue weighted by atomic mass is 32.2. The van der Waals surface area contributed by atoms with Crippen LogP contribution in [0.3, 0.4) is 0 Å². The summed E-state index contributed by atoms with van der Waals surface area (Å²) in [4.78, 5) is 14.9. The maximum Gasteiger partial charge on any atom is 0.356 e. The molecule has 2 aromatic rings. The van der Waals surface area contributed by atoms with Crippen LogP contribution in [0.5, 0.6) is 0 Å². The summed E-state index contributed by atoms with van der Waals surface area (Å²) >= 11 is 1.37. The Morgan fingerprint density at radius 2 is 1.62 bits per heavy atom. The molecule has 106 valence electrons. The first kappa shape index (κ1) is 13.7. The van der Waals surface area contributed by atoms with Gasteiger partial charge in [-0.25, -0.2) is 4.79 Å². The SMILES string of the molecule is O=C(OC(c1ccccc1)c1ccccc1)C1=NNSC1. The number of carbonyl (C=O) groups is 1. The highest BCUT2D eigenvalue weighted by molar-refractivity contribution is 7.98. The van der Waals surface area contributed by atoms with Crippen LogP contribution in [-0.4, -0.2) is 17.4 Å². The average molecular weight is 298 g/mol. The summed E-state index contributed by atoms with van der Waals surface area (Å²) in [6.45, 7) is 0. The quantitative estimate of drug-likeness (QED) is 0.696. The van der Waals surface area contributed by atoms with Gasteiger partial charge in [0.25, 0.3) is 0 Å². The van der Waals surface area contributed by atoms with Gasteiger partial charge in [-0.2, -0.15) is 5.10 Å². The maximum absolute atomic E-state index is 12.2. The Morgan fingerprint density at radius 3 is 2.10 bits per heavy atom. The van der Waals surface area contributed by atoms with Gasteiger partial charge in [-0.05, 0) is 23.1 Å². The van der Waals surface area contributed by atoms with Crippen molar-refractivity contribution in [2.45, 2.75) is 6.10 Å². The number of hydrazone groups is 1. The monoisotopic (exact) mass is 298 g/mol. The Morgan fingerprint density at radius 1 is 1.05 bits per heavy atom. The Bertz CT molecular complexity index is 604. The van der Waals surface area contributed by atoms with Gasteiger partial charge in [0.15, 0.2) is 11.8 Å². The van der Waals surface area contributed by atoms with Crippen molar-refractivity contribution < 1.29 is 9.53 Å². The fourth-order valence-electron chi connectivity index (χ4n) is 2.08. The molecule has 0 saturated carbocycles. The zero-order valence-corrected chi connectivity index (χ0v) is 12.0. The molecule has 1 N–H and O–H groups in total. The summed E-state index contributed by atoms with van der Waals surface area (Å²) in [5, 5.41) is 3.93. The first-order valence-electron chi connectivity index (χ1n) is 6.59. The van der Waals surface area contributed by atoms with E-state index < -0.39 is 6.10 Å². The van der Waals surface area contributed by atoms with E-state index in [-0.39, 0.29) is 5.97 Å². The molecule has 0 saturated heterocycles. The van der Waals surface area contributed by atoms with Crippen LogP contribution >= 0.6 is 11.9 Å². The Hall–Kier alpha value is -2.27. The molecule has 0 atom stereocenters. The summed E-state index contributed by atoms with van der Waals surface area (Å²) in [5.74, 6) is 0.139. The Labute approximate surface area is 127 Å². The van der Waals surface area contributed by atoms with E-state index >= 15 is 0 Å². The highest BCUT2D eigenvalue weighted by Gasteiger charge is 2.24. The van der Waals surface area contributed by atoms with Crippen molar-refractivity contribution in [2.24, 2.45) is 5.10 Å². The lowest BCUT2D eigenvalue weighted by molar-refractivity contribution is -0.139. The van der Waals surface area contributed by atoms with Gasteiger partial charge in [0.2, 0.25) is 0 Å². The number of benzene rings is 2. The van der Waals surface area contributed by atoms with Gasteiger partial charge < -0.3 is 4.74 Å². The molecule has 0 aliphatic carbocycles. The van der Waals surface area contributed by atoms with E-state index in [1.54, 1.807) is 0 Å². The van der Waals surface area contributed by atoms with Gasteiger partial charge in [-0.3, -0.25) is 4.83 Å². The number of esters is 1. The van der Waals surface area contributed by atoms with E-state index in [0.717, 1.165) is 11.1 Å². The van der Waals surface area contributed by atoms with Crippen LogP contribution in [0.4, 0.5) is 0 Å². The number of carbonyl (C=O) groups excluding carboxylic acids is 1. The second-order valence-electron chi connectivity index (χ2n) is 4.55. The van der Waals surface area contributed by atoms with Crippen LogP contribution < -0.4 is 4.83 Å². The topological polar surface area (TPSA) is 50.7 Å². The number of hydrogen-bond donors (Lipinski definition) is 1. The van der Waals surface area contributed by atoms with E-state index in [9.17, 15) is 4.79 Å². The largest absolute Gasteiger partial charge is 0.448 e. The van der Waals surface area contributed by atoms with E-state index in [4.69, 9.17) is 4.74 Å². The fraction of sp³-hybridized carbons (Fsp3) is 0.125. The third-order valence-corrected chi connectivity index (χ3v) is 3.76. The van der Waals surface area contributed by atoms with Crippen LogP contribution in [0.2, 0.25) is 0 Å². The van der Waals surface area contributed by atoms with E-state index in [2.05, 4.69) is 9.93 Å². The molecule has 0 fully saturated rings. The van der Waals surface area contributed by atoms with Crippen molar-refractivity contribution >= 4 is 23.6 Å². The Balaban J connectivity index is 1.88. The van der Waals surface area contributed by atoms with Crippen LogP contribution in [0.1, 0.15) is 17.2 Å². The number of ether oxygens (including phenoxy) is 1. The minimum Gasteiger partial charge on any atom is -0.448 e. The molecule has 0 spiro atoms. The predicted molar refractivity (Wildman–Crippen MR) is 83.8 cm³/mol. The molecule has 1 aliphatic rings.